The first-order chi connectivity index (χ1) is 9.16. The summed E-state index contributed by atoms with van der Waals surface area (Å²) in [5, 5.41) is 4.34. The van der Waals surface area contributed by atoms with Crippen molar-refractivity contribution in [1.29, 1.82) is 0 Å². The van der Waals surface area contributed by atoms with E-state index in [4.69, 9.17) is 11.6 Å². The highest BCUT2D eigenvalue weighted by molar-refractivity contribution is 6.30. The van der Waals surface area contributed by atoms with Crippen LogP contribution in [0.5, 0.6) is 0 Å². The monoisotopic (exact) mass is 278 g/mol. The molecule has 2 saturated heterocycles. The maximum absolute atomic E-state index is 5.99. The average Bonchev–Trinajstić information content (AvgIpc) is 3.00. The zero-order valence-electron chi connectivity index (χ0n) is 11.7. The van der Waals surface area contributed by atoms with Crippen molar-refractivity contribution in [2.75, 3.05) is 26.2 Å². The molecule has 0 bridgehead atoms. The van der Waals surface area contributed by atoms with Crippen LogP contribution in [0.4, 0.5) is 0 Å². The molecule has 2 unspecified atom stereocenters. The Morgan fingerprint density at radius 1 is 1.37 bits per heavy atom. The van der Waals surface area contributed by atoms with E-state index in [2.05, 4.69) is 29.3 Å². The summed E-state index contributed by atoms with van der Waals surface area (Å²) in [6.45, 7) is 7.22. The Morgan fingerprint density at radius 2 is 2.16 bits per heavy atom. The maximum Gasteiger partial charge on any atom is 0.0406 e. The third-order valence-corrected chi connectivity index (χ3v) is 4.91. The molecule has 19 heavy (non-hydrogen) atoms. The van der Waals surface area contributed by atoms with Crippen molar-refractivity contribution < 1.29 is 0 Å². The van der Waals surface area contributed by atoms with Gasteiger partial charge in [-0.15, -0.1) is 0 Å². The van der Waals surface area contributed by atoms with Crippen LogP contribution in [-0.2, 0) is 0 Å². The summed E-state index contributed by atoms with van der Waals surface area (Å²) in [4.78, 5) is 2.68. The summed E-state index contributed by atoms with van der Waals surface area (Å²) >= 11 is 5.99. The van der Waals surface area contributed by atoms with E-state index < -0.39 is 0 Å². The van der Waals surface area contributed by atoms with Gasteiger partial charge in [0.1, 0.15) is 0 Å². The molecule has 3 rings (SSSR count). The predicted octanol–water partition coefficient (Wildman–Crippen LogP) is 3.48. The van der Waals surface area contributed by atoms with Gasteiger partial charge in [0.15, 0.2) is 0 Å². The van der Waals surface area contributed by atoms with Gasteiger partial charge in [-0.05, 0) is 55.5 Å². The van der Waals surface area contributed by atoms with E-state index in [1.807, 2.05) is 12.1 Å². The Kier molecular flexibility index (Phi) is 3.84. The number of halogens is 1. The van der Waals surface area contributed by atoms with Crippen LogP contribution in [-0.4, -0.2) is 31.1 Å². The van der Waals surface area contributed by atoms with Crippen molar-refractivity contribution in [3.8, 4) is 0 Å². The van der Waals surface area contributed by atoms with E-state index in [1.165, 1.54) is 44.5 Å². The van der Waals surface area contributed by atoms with Gasteiger partial charge in [0.05, 0.1) is 0 Å². The fraction of sp³-hybridized carbons (Fsp3) is 0.625. The minimum atomic E-state index is 0.453. The molecule has 0 aliphatic carbocycles. The Labute approximate surface area is 121 Å². The summed E-state index contributed by atoms with van der Waals surface area (Å²) in [6.07, 6.45) is 3.90. The van der Waals surface area contributed by atoms with Gasteiger partial charge in [-0.3, -0.25) is 4.90 Å². The maximum atomic E-state index is 5.99. The van der Waals surface area contributed by atoms with Gasteiger partial charge in [0.25, 0.3) is 0 Å². The second-order valence-electron chi connectivity index (χ2n) is 6.42. The molecule has 0 amide bonds. The molecule has 3 heteroatoms. The lowest BCUT2D eigenvalue weighted by molar-refractivity contribution is 0.165. The van der Waals surface area contributed by atoms with Crippen molar-refractivity contribution in [3.05, 3.63) is 34.9 Å². The lowest BCUT2D eigenvalue weighted by Gasteiger charge is -2.33. The topological polar surface area (TPSA) is 15.3 Å². The zero-order chi connectivity index (χ0) is 13.3. The van der Waals surface area contributed by atoms with Gasteiger partial charge < -0.3 is 5.32 Å². The molecule has 104 valence electrons. The lowest BCUT2D eigenvalue weighted by Crippen LogP contribution is -2.37. The number of rotatable bonds is 3. The van der Waals surface area contributed by atoms with Crippen molar-refractivity contribution in [3.63, 3.8) is 0 Å². The molecule has 0 spiro atoms. The van der Waals surface area contributed by atoms with Crippen molar-refractivity contribution in [2.24, 2.45) is 5.41 Å². The minimum Gasteiger partial charge on any atom is -0.316 e. The van der Waals surface area contributed by atoms with Gasteiger partial charge in [0.2, 0.25) is 0 Å². The minimum absolute atomic E-state index is 0.453. The van der Waals surface area contributed by atoms with Crippen LogP contribution in [0.2, 0.25) is 5.02 Å². The van der Waals surface area contributed by atoms with E-state index >= 15 is 0 Å². The normalized spacial score (nSPS) is 32.0. The van der Waals surface area contributed by atoms with E-state index in [1.54, 1.807) is 0 Å². The van der Waals surface area contributed by atoms with Crippen LogP contribution in [0.1, 0.15) is 37.8 Å². The molecule has 2 aliphatic heterocycles. The fourth-order valence-electron chi connectivity index (χ4n) is 3.57. The van der Waals surface area contributed by atoms with Crippen LogP contribution >= 0.6 is 11.6 Å². The van der Waals surface area contributed by atoms with Crippen LogP contribution < -0.4 is 5.32 Å². The summed E-state index contributed by atoms with van der Waals surface area (Å²) in [7, 11) is 0. The van der Waals surface area contributed by atoms with Crippen LogP contribution in [0, 0.1) is 5.41 Å². The van der Waals surface area contributed by atoms with E-state index in [9.17, 15) is 0 Å². The van der Waals surface area contributed by atoms with Gasteiger partial charge in [-0.2, -0.15) is 0 Å². The third kappa shape index (κ3) is 2.96. The van der Waals surface area contributed by atoms with Gasteiger partial charge >= 0.3 is 0 Å². The zero-order valence-corrected chi connectivity index (χ0v) is 12.4. The second-order valence-corrected chi connectivity index (χ2v) is 6.85. The summed E-state index contributed by atoms with van der Waals surface area (Å²) in [5.41, 5.74) is 1.88. The SMILES string of the molecule is CC1(CN2CCCC2c2ccc(Cl)cc2)CCNC1. The first kappa shape index (κ1) is 13.4. The first-order valence-corrected chi connectivity index (χ1v) is 7.74. The number of benzene rings is 1. The second kappa shape index (κ2) is 5.43. The van der Waals surface area contributed by atoms with E-state index in [-0.39, 0.29) is 0 Å². The number of nitrogens with zero attached hydrogens (tertiary/aromatic N) is 1. The molecule has 1 aromatic carbocycles. The summed E-state index contributed by atoms with van der Waals surface area (Å²) < 4.78 is 0. The van der Waals surface area contributed by atoms with Crippen molar-refractivity contribution in [1.82, 2.24) is 10.2 Å². The quantitative estimate of drug-likeness (QED) is 0.911. The number of nitrogens with one attached hydrogen (secondary N) is 1. The molecule has 0 aromatic heterocycles. The van der Waals surface area contributed by atoms with Gasteiger partial charge in [-0.1, -0.05) is 30.7 Å². The number of hydrogen-bond acceptors (Lipinski definition) is 2. The molecule has 0 radical (unpaired) electrons. The fourth-order valence-corrected chi connectivity index (χ4v) is 3.70. The Balaban J connectivity index is 1.72. The Hall–Kier alpha value is -0.570. The number of hydrogen-bond donors (Lipinski definition) is 1. The predicted molar refractivity (Wildman–Crippen MR) is 80.6 cm³/mol. The summed E-state index contributed by atoms with van der Waals surface area (Å²) in [6, 6.07) is 9.02. The molecule has 2 fully saturated rings. The highest BCUT2D eigenvalue weighted by Gasteiger charge is 2.35. The summed E-state index contributed by atoms with van der Waals surface area (Å²) in [5.74, 6) is 0. The standard InChI is InChI=1S/C16H23ClN2/c1-16(8-9-18-11-16)12-19-10-2-3-15(19)13-4-6-14(17)7-5-13/h4-7,15,18H,2-3,8-12H2,1H3. The molecular weight excluding hydrogens is 256 g/mol. The van der Waals surface area contributed by atoms with Crippen LogP contribution in [0.25, 0.3) is 0 Å². The smallest absolute Gasteiger partial charge is 0.0406 e. The van der Waals surface area contributed by atoms with Gasteiger partial charge in [0, 0.05) is 24.2 Å². The Bertz CT molecular complexity index is 423. The average molecular weight is 279 g/mol. The molecule has 2 atom stereocenters. The van der Waals surface area contributed by atoms with Crippen molar-refractivity contribution >= 4 is 11.6 Å². The van der Waals surface area contributed by atoms with E-state index in [0.717, 1.165) is 11.6 Å². The molecule has 0 saturated carbocycles. The van der Waals surface area contributed by atoms with Crippen LogP contribution in [0.15, 0.2) is 24.3 Å². The third-order valence-electron chi connectivity index (χ3n) is 4.66. The largest absolute Gasteiger partial charge is 0.316 e. The lowest BCUT2D eigenvalue weighted by atomic mass is 9.88. The Morgan fingerprint density at radius 3 is 2.84 bits per heavy atom. The molecule has 2 heterocycles. The molecular formula is C16H23ClN2. The molecule has 2 nitrogen and oxygen atoms in total. The number of likely N-dealkylation sites (tertiary alicyclic amines) is 1. The van der Waals surface area contributed by atoms with E-state index in [0.29, 0.717) is 11.5 Å². The molecule has 1 N–H and O–H groups in total. The highest BCUT2D eigenvalue weighted by atomic mass is 35.5. The van der Waals surface area contributed by atoms with Crippen molar-refractivity contribution in [2.45, 2.75) is 32.2 Å². The molecule has 2 aliphatic rings. The highest BCUT2D eigenvalue weighted by Crippen LogP contribution is 2.36. The van der Waals surface area contributed by atoms with Crippen LogP contribution in [0.3, 0.4) is 0 Å². The first-order valence-electron chi connectivity index (χ1n) is 7.37. The molecule has 1 aromatic rings. The van der Waals surface area contributed by atoms with Gasteiger partial charge in [-0.25, -0.2) is 0 Å².